The van der Waals surface area contributed by atoms with Gasteiger partial charge in [-0.2, -0.15) is 0 Å². The molecule has 2 aromatic rings. The van der Waals surface area contributed by atoms with Gasteiger partial charge in [-0.3, -0.25) is 4.99 Å². The van der Waals surface area contributed by atoms with E-state index in [1.165, 1.54) is 23.3 Å². The van der Waals surface area contributed by atoms with Crippen LogP contribution in [-0.4, -0.2) is 30.5 Å². The monoisotopic (exact) mass is 483 g/mol. The summed E-state index contributed by atoms with van der Waals surface area (Å²) in [6.07, 6.45) is 1.05. The molecular formula is C20H20ClFIN3. The van der Waals surface area contributed by atoms with E-state index in [-0.39, 0.29) is 35.8 Å². The van der Waals surface area contributed by atoms with E-state index < -0.39 is 0 Å². The summed E-state index contributed by atoms with van der Waals surface area (Å²) < 4.78 is 13.1. The Morgan fingerprint density at radius 2 is 1.96 bits per heavy atom. The van der Waals surface area contributed by atoms with Crippen LogP contribution in [-0.2, 0) is 6.42 Å². The first-order valence-electron chi connectivity index (χ1n) is 8.70. The van der Waals surface area contributed by atoms with Crippen molar-refractivity contribution in [2.24, 2.45) is 10.9 Å². The summed E-state index contributed by atoms with van der Waals surface area (Å²) in [5.41, 5.74) is 3.81. The van der Waals surface area contributed by atoms with Crippen LogP contribution in [0, 0.1) is 11.7 Å². The topological polar surface area (TPSA) is 27.6 Å². The number of hydrogen-bond donors (Lipinski definition) is 1. The lowest BCUT2D eigenvalue weighted by molar-refractivity contribution is 0.404. The Balaban J connectivity index is 0.00000168. The van der Waals surface area contributed by atoms with Crippen molar-refractivity contribution in [1.82, 2.24) is 10.2 Å². The lowest BCUT2D eigenvalue weighted by atomic mass is 10.0. The van der Waals surface area contributed by atoms with Crippen LogP contribution in [0.3, 0.4) is 0 Å². The highest BCUT2D eigenvalue weighted by atomic mass is 127. The Bertz CT molecular complexity index is 870. The summed E-state index contributed by atoms with van der Waals surface area (Å²) in [7, 11) is 2.05. The fourth-order valence-electron chi connectivity index (χ4n) is 4.45. The van der Waals surface area contributed by atoms with Gasteiger partial charge in [-0.15, -0.1) is 24.0 Å². The Hall–Kier alpha value is -1.34. The Labute approximate surface area is 174 Å². The highest BCUT2D eigenvalue weighted by molar-refractivity contribution is 14.0. The zero-order chi connectivity index (χ0) is 17.1. The first-order chi connectivity index (χ1) is 12.1. The van der Waals surface area contributed by atoms with Gasteiger partial charge in [-0.05, 0) is 47.2 Å². The summed E-state index contributed by atoms with van der Waals surface area (Å²) in [6, 6.07) is 13.6. The summed E-state index contributed by atoms with van der Waals surface area (Å²) in [6.45, 7) is 0.703. The van der Waals surface area contributed by atoms with Crippen molar-refractivity contribution in [2.75, 3.05) is 13.6 Å². The van der Waals surface area contributed by atoms with E-state index in [0.29, 0.717) is 24.4 Å². The molecule has 1 N–H and O–H groups in total. The maximum absolute atomic E-state index is 13.1. The van der Waals surface area contributed by atoms with Crippen LogP contribution < -0.4 is 5.32 Å². The SMILES string of the molecule is CN1C(NC2C3Cc4c(Cl)cccc4C32)=NCC1c1ccc(F)cc1.I. The molecule has 26 heavy (non-hydrogen) atoms. The van der Waals surface area contributed by atoms with Gasteiger partial charge in [0.2, 0.25) is 0 Å². The van der Waals surface area contributed by atoms with Crippen LogP contribution in [0.4, 0.5) is 4.39 Å². The van der Waals surface area contributed by atoms with Crippen LogP contribution in [0.1, 0.15) is 28.7 Å². The molecule has 3 nitrogen and oxygen atoms in total. The quantitative estimate of drug-likeness (QED) is 0.643. The van der Waals surface area contributed by atoms with E-state index in [1.54, 1.807) is 0 Å². The molecule has 3 aliphatic rings. The molecule has 4 unspecified atom stereocenters. The second-order valence-electron chi connectivity index (χ2n) is 7.21. The molecule has 1 aliphatic heterocycles. The number of rotatable bonds is 2. The third-order valence-electron chi connectivity index (χ3n) is 5.89. The molecule has 0 radical (unpaired) electrons. The summed E-state index contributed by atoms with van der Waals surface area (Å²) in [5.74, 6) is 1.91. The molecular weight excluding hydrogens is 464 g/mol. The third-order valence-corrected chi connectivity index (χ3v) is 6.24. The number of halogens is 3. The number of aliphatic imine (C=N–C) groups is 1. The van der Waals surface area contributed by atoms with Crippen molar-refractivity contribution in [3.05, 3.63) is 70.0 Å². The minimum Gasteiger partial charge on any atom is -0.353 e. The number of benzene rings is 2. The molecule has 4 atom stereocenters. The molecule has 5 rings (SSSR count). The number of hydrogen-bond acceptors (Lipinski definition) is 3. The van der Waals surface area contributed by atoms with Crippen molar-refractivity contribution in [2.45, 2.75) is 24.4 Å². The van der Waals surface area contributed by atoms with Crippen LogP contribution in [0.2, 0.25) is 5.02 Å². The Morgan fingerprint density at radius 1 is 1.19 bits per heavy atom. The summed E-state index contributed by atoms with van der Waals surface area (Å²) >= 11 is 6.32. The number of fused-ring (bicyclic) bond motifs is 3. The lowest BCUT2D eigenvalue weighted by Gasteiger charge is -2.24. The van der Waals surface area contributed by atoms with E-state index in [4.69, 9.17) is 11.6 Å². The first kappa shape index (κ1) is 18.0. The molecule has 1 heterocycles. The second kappa shape index (κ2) is 6.68. The van der Waals surface area contributed by atoms with E-state index in [9.17, 15) is 4.39 Å². The molecule has 0 spiro atoms. The van der Waals surface area contributed by atoms with Gasteiger partial charge in [0.15, 0.2) is 5.96 Å². The predicted molar refractivity (Wildman–Crippen MR) is 113 cm³/mol. The number of nitrogens with zero attached hydrogens (tertiary/aromatic N) is 2. The summed E-state index contributed by atoms with van der Waals surface area (Å²) in [4.78, 5) is 6.86. The van der Waals surface area contributed by atoms with E-state index in [2.05, 4.69) is 28.3 Å². The van der Waals surface area contributed by atoms with Gasteiger partial charge < -0.3 is 10.2 Å². The van der Waals surface area contributed by atoms with E-state index >= 15 is 0 Å². The summed E-state index contributed by atoms with van der Waals surface area (Å²) in [5, 5.41) is 4.53. The zero-order valence-electron chi connectivity index (χ0n) is 14.3. The van der Waals surface area contributed by atoms with Crippen molar-refractivity contribution >= 4 is 41.5 Å². The van der Waals surface area contributed by atoms with Gasteiger partial charge in [0.05, 0.1) is 12.6 Å². The maximum Gasteiger partial charge on any atom is 0.194 e. The van der Waals surface area contributed by atoms with Crippen molar-refractivity contribution in [1.29, 1.82) is 0 Å². The van der Waals surface area contributed by atoms with Crippen LogP contribution >= 0.6 is 35.6 Å². The van der Waals surface area contributed by atoms with Crippen molar-refractivity contribution in [3.8, 4) is 0 Å². The highest BCUT2D eigenvalue weighted by Crippen LogP contribution is 2.57. The minimum atomic E-state index is -0.202. The lowest BCUT2D eigenvalue weighted by Crippen LogP contribution is -2.39. The fourth-order valence-corrected chi connectivity index (χ4v) is 4.71. The zero-order valence-corrected chi connectivity index (χ0v) is 17.4. The number of nitrogens with one attached hydrogen (secondary N) is 1. The highest BCUT2D eigenvalue weighted by Gasteiger charge is 2.57. The maximum atomic E-state index is 13.1. The average molecular weight is 484 g/mol. The van der Waals surface area contributed by atoms with Crippen molar-refractivity contribution in [3.63, 3.8) is 0 Å². The van der Waals surface area contributed by atoms with Crippen LogP contribution in [0.5, 0.6) is 0 Å². The molecule has 1 fully saturated rings. The van der Waals surface area contributed by atoms with Crippen LogP contribution in [0.25, 0.3) is 0 Å². The molecule has 136 valence electrons. The molecule has 0 aromatic heterocycles. The van der Waals surface area contributed by atoms with Gasteiger partial charge >= 0.3 is 0 Å². The molecule has 2 aliphatic carbocycles. The van der Waals surface area contributed by atoms with Gasteiger partial charge in [-0.25, -0.2) is 4.39 Å². The molecule has 0 amide bonds. The van der Waals surface area contributed by atoms with Crippen molar-refractivity contribution < 1.29 is 4.39 Å². The van der Waals surface area contributed by atoms with Gasteiger partial charge in [-0.1, -0.05) is 35.9 Å². The molecule has 6 heteroatoms. The van der Waals surface area contributed by atoms with E-state index in [0.717, 1.165) is 23.0 Å². The van der Waals surface area contributed by atoms with Crippen LogP contribution in [0.15, 0.2) is 47.5 Å². The fraction of sp³-hybridized carbons (Fsp3) is 0.350. The first-order valence-corrected chi connectivity index (χ1v) is 9.08. The molecule has 2 aromatic carbocycles. The molecule has 1 saturated carbocycles. The normalized spacial score (nSPS) is 28.1. The van der Waals surface area contributed by atoms with Gasteiger partial charge in [0, 0.05) is 24.0 Å². The molecule has 0 saturated heterocycles. The smallest absolute Gasteiger partial charge is 0.194 e. The predicted octanol–water partition coefficient (Wildman–Crippen LogP) is 4.37. The number of guanidine groups is 1. The van der Waals surface area contributed by atoms with Gasteiger partial charge in [0.25, 0.3) is 0 Å². The number of likely N-dealkylation sites (N-methyl/N-ethyl adjacent to an activating group) is 1. The Morgan fingerprint density at radius 3 is 2.73 bits per heavy atom. The molecule has 0 bridgehead atoms. The Kier molecular flexibility index (Phi) is 4.63. The second-order valence-corrected chi connectivity index (χ2v) is 7.62. The standard InChI is InChI=1S/C20H19ClFN3.HI/c1-25-17(11-5-7-12(22)8-6-11)10-23-20(25)24-19-15-9-14-13(18(15)19)3-2-4-16(14)21;/h2-8,15,17-19H,9-10H2,1H3,(H,23,24);1H. The minimum absolute atomic E-state index is 0. The largest absolute Gasteiger partial charge is 0.353 e. The van der Waals surface area contributed by atoms with E-state index in [1.807, 2.05) is 24.3 Å². The van der Waals surface area contributed by atoms with Gasteiger partial charge in [0.1, 0.15) is 5.82 Å². The average Bonchev–Trinajstić information content (AvgIpc) is 2.93. The third kappa shape index (κ3) is 2.80.